The third-order valence-corrected chi connectivity index (χ3v) is 3.07. The van der Waals surface area contributed by atoms with Gasteiger partial charge in [0.1, 0.15) is 12.1 Å². The Balaban J connectivity index is 1.78. The highest BCUT2D eigenvalue weighted by Crippen LogP contribution is 2.13. The standard InChI is InChI=1S/C16H21N3/c1-13(2)15-11-16(19-12-18-15)17-10-6-9-14-7-4-3-5-8-14/h3-5,7-8,11-13H,6,9-10H2,1-2H3,(H,17,18,19). The van der Waals surface area contributed by atoms with Crippen molar-refractivity contribution in [2.45, 2.75) is 32.6 Å². The smallest absolute Gasteiger partial charge is 0.129 e. The van der Waals surface area contributed by atoms with Crippen LogP contribution in [0.3, 0.4) is 0 Å². The average Bonchev–Trinajstić information content (AvgIpc) is 2.45. The number of rotatable bonds is 6. The average molecular weight is 255 g/mol. The number of aryl methyl sites for hydroxylation is 1. The van der Waals surface area contributed by atoms with Crippen molar-refractivity contribution >= 4 is 5.82 Å². The zero-order chi connectivity index (χ0) is 13.5. The van der Waals surface area contributed by atoms with Crippen molar-refractivity contribution in [1.82, 2.24) is 9.97 Å². The fourth-order valence-corrected chi connectivity index (χ4v) is 1.94. The van der Waals surface area contributed by atoms with Crippen molar-refractivity contribution < 1.29 is 0 Å². The Morgan fingerprint density at radius 3 is 2.63 bits per heavy atom. The number of nitrogens with one attached hydrogen (secondary N) is 1. The van der Waals surface area contributed by atoms with Crippen LogP contribution in [0.15, 0.2) is 42.7 Å². The van der Waals surface area contributed by atoms with E-state index in [0.29, 0.717) is 5.92 Å². The molecule has 0 aliphatic heterocycles. The summed E-state index contributed by atoms with van der Waals surface area (Å²) in [5.74, 6) is 1.36. The van der Waals surface area contributed by atoms with Gasteiger partial charge < -0.3 is 5.32 Å². The first-order chi connectivity index (χ1) is 9.25. The van der Waals surface area contributed by atoms with Crippen LogP contribution in [0.5, 0.6) is 0 Å². The first kappa shape index (κ1) is 13.5. The van der Waals surface area contributed by atoms with Crippen LogP contribution in [-0.4, -0.2) is 16.5 Å². The van der Waals surface area contributed by atoms with Crippen LogP contribution in [-0.2, 0) is 6.42 Å². The summed E-state index contributed by atoms with van der Waals surface area (Å²) in [4.78, 5) is 8.51. The molecular weight excluding hydrogens is 234 g/mol. The van der Waals surface area contributed by atoms with Gasteiger partial charge in [-0.3, -0.25) is 0 Å². The maximum atomic E-state index is 4.26. The van der Waals surface area contributed by atoms with Crippen LogP contribution in [0.25, 0.3) is 0 Å². The lowest BCUT2D eigenvalue weighted by atomic mass is 10.1. The van der Waals surface area contributed by atoms with Gasteiger partial charge in [0.15, 0.2) is 0 Å². The normalized spacial score (nSPS) is 10.7. The van der Waals surface area contributed by atoms with E-state index in [4.69, 9.17) is 0 Å². The van der Waals surface area contributed by atoms with Gasteiger partial charge in [0.05, 0.1) is 0 Å². The minimum absolute atomic E-state index is 0.438. The second-order valence-corrected chi connectivity index (χ2v) is 5.00. The Labute approximate surface area is 115 Å². The predicted molar refractivity (Wildman–Crippen MR) is 79.4 cm³/mol. The number of nitrogens with zero attached hydrogens (tertiary/aromatic N) is 2. The lowest BCUT2D eigenvalue weighted by Gasteiger charge is -2.08. The van der Waals surface area contributed by atoms with Gasteiger partial charge in [0, 0.05) is 18.3 Å². The third kappa shape index (κ3) is 4.36. The van der Waals surface area contributed by atoms with Crippen molar-refractivity contribution in [2.75, 3.05) is 11.9 Å². The van der Waals surface area contributed by atoms with Crippen molar-refractivity contribution in [3.8, 4) is 0 Å². The van der Waals surface area contributed by atoms with Crippen molar-refractivity contribution in [3.05, 3.63) is 54.0 Å². The van der Waals surface area contributed by atoms with Gasteiger partial charge in [-0.2, -0.15) is 0 Å². The minimum Gasteiger partial charge on any atom is -0.370 e. The maximum absolute atomic E-state index is 4.26. The Hall–Kier alpha value is -1.90. The van der Waals surface area contributed by atoms with Gasteiger partial charge in [-0.25, -0.2) is 9.97 Å². The summed E-state index contributed by atoms with van der Waals surface area (Å²) in [7, 11) is 0. The van der Waals surface area contributed by atoms with Crippen LogP contribution < -0.4 is 5.32 Å². The molecule has 0 unspecified atom stereocenters. The summed E-state index contributed by atoms with van der Waals surface area (Å²) in [5.41, 5.74) is 2.47. The number of hydrogen-bond donors (Lipinski definition) is 1. The Morgan fingerprint density at radius 2 is 1.89 bits per heavy atom. The third-order valence-electron chi connectivity index (χ3n) is 3.07. The molecule has 0 radical (unpaired) electrons. The van der Waals surface area contributed by atoms with E-state index >= 15 is 0 Å². The monoisotopic (exact) mass is 255 g/mol. The SMILES string of the molecule is CC(C)c1cc(NCCCc2ccccc2)ncn1. The highest BCUT2D eigenvalue weighted by atomic mass is 15.0. The van der Waals surface area contributed by atoms with E-state index in [9.17, 15) is 0 Å². The molecule has 0 aliphatic rings. The molecule has 2 rings (SSSR count). The van der Waals surface area contributed by atoms with Gasteiger partial charge in [0.2, 0.25) is 0 Å². The van der Waals surface area contributed by atoms with E-state index in [-0.39, 0.29) is 0 Å². The molecule has 100 valence electrons. The molecular formula is C16H21N3. The van der Waals surface area contributed by atoms with Gasteiger partial charge in [-0.15, -0.1) is 0 Å². The highest BCUT2D eigenvalue weighted by molar-refractivity contribution is 5.35. The predicted octanol–water partition coefficient (Wildman–Crippen LogP) is 3.64. The summed E-state index contributed by atoms with van der Waals surface area (Å²) < 4.78 is 0. The molecule has 19 heavy (non-hydrogen) atoms. The first-order valence-corrected chi connectivity index (χ1v) is 6.85. The van der Waals surface area contributed by atoms with E-state index in [1.165, 1.54) is 5.56 Å². The molecule has 0 saturated heterocycles. The second kappa shape index (κ2) is 6.88. The summed E-state index contributed by atoms with van der Waals surface area (Å²) in [5, 5.41) is 3.36. The van der Waals surface area contributed by atoms with Gasteiger partial charge >= 0.3 is 0 Å². The molecule has 0 spiro atoms. The summed E-state index contributed by atoms with van der Waals surface area (Å²) >= 11 is 0. The number of anilines is 1. The molecule has 0 bridgehead atoms. The van der Waals surface area contributed by atoms with E-state index in [2.05, 4.69) is 59.5 Å². The second-order valence-electron chi connectivity index (χ2n) is 5.00. The molecule has 1 N–H and O–H groups in total. The van der Waals surface area contributed by atoms with E-state index in [1.54, 1.807) is 6.33 Å². The molecule has 0 saturated carbocycles. The van der Waals surface area contributed by atoms with E-state index < -0.39 is 0 Å². The maximum Gasteiger partial charge on any atom is 0.129 e. The van der Waals surface area contributed by atoms with Crippen LogP contribution in [0.1, 0.15) is 37.4 Å². The first-order valence-electron chi connectivity index (χ1n) is 6.85. The Kier molecular flexibility index (Phi) is 4.90. The lowest BCUT2D eigenvalue weighted by molar-refractivity contribution is 0.810. The van der Waals surface area contributed by atoms with Gasteiger partial charge in [-0.05, 0) is 24.3 Å². The van der Waals surface area contributed by atoms with Crippen molar-refractivity contribution in [1.29, 1.82) is 0 Å². The van der Waals surface area contributed by atoms with E-state index in [0.717, 1.165) is 30.9 Å². The summed E-state index contributed by atoms with van der Waals surface area (Å²) in [6, 6.07) is 12.6. The summed E-state index contributed by atoms with van der Waals surface area (Å²) in [6.45, 7) is 5.21. The Morgan fingerprint density at radius 1 is 1.11 bits per heavy atom. The van der Waals surface area contributed by atoms with E-state index in [1.807, 2.05) is 6.07 Å². The molecule has 0 fully saturated rings. The van der Waals surface area contributed by atoms with Gasteiger partial charge in [0.25, 0.3) is 0 Å². The quantitative estimate of drug-likeness (QED) is 0.801. The molecule has 1 aromatic carbocycles. The van der Waals surface area contributed by atoms with Gasteiger partial charge in [-0.1, -0.05) is 44.2 Å². The van der Waals surface area contributed by atoms with Crippen molar-refractivity contribution in [2.24, 2.45) is 0 Å². The molecule has 3 nitrogen and oxygen atoms in total. The molecule has 2 aromatic rings. The molecule has 3 heteroatoms. The highest BCUT2D eigenvalue weighted by Gasteiger charge is 2.02. The van der Waals surface area contributed by atoms with Crippen LogP contribution in [0, 0.1) is 0 Å². The number of benzene rings is 1. The molecule has 0 aliphatic carbocycles. The molecule has 0 amide bonds. The lowest BCUT2D eigenvalue weighted by Crippen LogP contribution is -2.06. The molecule has 1 aromatic heterocycles. The number of hydrogen-bond acceptors (Lipinski definition) is 3. The van der Waals surface area contributed by atoms with Crippen LogP contribution >= 0.6 is 0 Å². The Bertz CT molecular complexity index is 494. The molecule has 1 heterocycles. The summed E-state index contributed by atoms with van der Waals surface area (Å²) in [6.07, 6.45) is 3.83. The minimum atomic E-state index is 0.438. The van der Waals surface area contributed by atoms with Crippen molar-refractivity contribution in [3.63, 3.8) is 0 Å². The zero-order valence-corrected chi connectivity index (χ0v) is 11.6. The topological polar surface area (TPSA) is 37.8 Å². The fourth-order valence-electron chi connectivity index (χ4n) is 1.94. The fraction of sp³-hybridized carbons (Fsp3) is 0.375. The number of aromatic nitrogens is 2. The van der Waals surface area contributed by atoms with Crippen LogP contribution in [0.2, 0.25) is 0 Å². The molecule has 0 atom stereocenters. The van der Waals surface area contributed by atoms with Crippen LogP contribution in [0.4, 0.5) is 5.82 Å². The largest absolute Gasteiger partial charge is 0.370 e. The zero-order valence-electron chi connectivity index (χ0n) is 11.6.